The van der Waals surface area contributed by atoms with Gasteiger partial charge in [0.2, 0.25) is 5.95 Å². The number of nitrogens with one attached hydrogen (secondary N) is 2. The SMILES string of the molecule is C[C@H](Nc1nc(N)nc2nc[nH]c12)c1nn(-c2cccnc2)c2cc(F)ccc12. The van der Waals surface area contributed by atoms with Crippen molar-refractivity contribution in [2.24, 2.45) is 0 Å². The van der Waals surface area contributed by atoms with Gasteiger partial charge in [-0.2, -0.15) is 15.1 Å². The molecule has 144 valence electrons. The Hall–Kier alpha value is -4.08. The van der Waals surface area contributed by atoms with Gasteiger partial charge in [0.1, 0.15) is 11.3 Å². The van der Waals surface area contributed by atoms with Crippen LogP contribution >= 0.6 is 0 Å². The van der Waals surface area contributed by atoms with E-state index in [0.717, 1.165) is 16.8 Å². The van der Waals surface area contributed by atoms with Gasteiger partial charge in [-0.1, -0.05) is 0 Å². The number of fused-ring (bicyclic) bond motifs is 2. The van der Waals surface area contributed by atoms with Gasteiger partial charge in [0.05, 0.1) is 35.5 Å². The molecule has 0 aliphatic heterocycles. The molecule has 29 heavy (non-hydrogen) atoms. The van der Waals surface area contributed by atoms with Crippen molar-refractivity contribution in [3.8, 4) is 5.69 Å². The number of nitrogen functional groups attached to an aromatic ring is 1. The Morgan fingerprint density at radius 3 is 2.97 bits per heavy atom. The molecule has 0 fully saturated rings. The van der Waals surface area contributed by atoms with E-state index < -0.39 is 0 Å². The number of hydrogen-bond donors (Lipinski definition) is 3. The van der Waals surface area contributed by atoms with E-state index in [0.29, 0.717) is 22.5 Å². The summed E-state index contributed by atoms with van der Waals surface area (Å²) in [4.78, 5) is 19.7. The molecule has 0 spiro atoms. The van der Waals surface area contributed by atoms with E-state index in [2.05, 4.69) is 30.2 Å². The van der Waals surface area contributed by atoms with Crippen LogP contribution < -0.4 is 11.1 Å². The molecule has 0 bridgehead atoms. The van der Waals surface area contributed by atoms with Crippen LogP contribution in [0.2, 0.25) is 0 Å². The standard InChI is InChI=1S/C19H16FN9/c1-10(25-18-16-17(24-9-23-16)26-19(21)27-18)15-13-5-4-11(20)7-14(13)29(28-15)12-3-2-6-22-8-12/h2-10H,1H3,(H4,21,23,24,25,26,27)/t10-/m0/s1. The van der Waals surface area contributed by atoms with E-state index in [-0.39, 0.29) is 17.8 Å². The lowest BCUT2D eigenvalue weighted by Crippen LogP contribution is -2.11. The molecule has 4 N–H and O–H groups in total. The molecule has 0 amide bonds. The van der Waals surface area contributed by atoms with Crippen molar-refractivity contribution in [3.63, 3.8) is 0 Å². The number of pyridine rings is 1. The second-order valence-electron chi connectivity index (χ2n) is 6.57. The molecule has 0 saturated heterocycles. The molecule has 0 aliphatic rings. The van der Waals surface area contributed by atoms with E-state index in [1.807, 2.05) is 19.1 Å². The van der Waals surface area contributed by atoms with Gasteiger partial charge in [-0.25, -0.2) is 14.1 Å². The predicted octanol–water partition coefficient (Wildman–Crippen LogP) is 2.98. The normalized spacial score (nSPS) is 12.5. The number of hydrogen-bond acceptors (Lipinski definition) is 7. The Morgan fingerprint density at radius 2 is 2.14 bits per heavy atom. The summed E-state index contributed by atoms with van der Waals surface area (Å²) in [5.74, 6) is 0.299. The van der Waals surface area contributed by atoms with E-state index in [1.54, 1.807) is 23.1 Å². The summed E-state index contributed by atoms with van der Waals surface area (Å²) in [6, 6.07) is 8.01. The number of nitrogens with zero attached hydrogens (tertiary/aromatic N) is 6. The van der Waals surface area contributed by atoms with Gasteiger partial charge in [-0.05, 0) is 31.2 Å². The zero-order valence-electron chi connectivity index (χ0n) is 15.3. The third kappa shape index (κ3) is 2.90. The lowest BCUT2D eigenvalue weighted by molar-refractivity contribution is 0.629. The summed E-state index contributed by atoms with van der Waals surface area (Å²) >= 11 is 0. The van der Waals surface area contributed by atoms with Crippen molar-refractivity contribution < 1.29 is 4.39 Å². The summed E-state index contributed by atoms with van der Waals surface area (Å²) < 4.78 is 15.6. The summed E-state index contributed by atoms with van der Waals surface area (Å²) in [7, 11) is 0. The van der Waals surface area contributed by atoms with Crippen LogP contribution in [0.3, 0.4) is 0 Å². The zero-order valence-corrected chi connectivity index (χ0v) is 15.3. The van der Waals surface area contributed by atoms with E-state index in [9.17, 15) is 4.39 Å². The van der Waals surface area contributed by atoms with Crippen LogP contribution in [-0.2, 0) is 0 Å². The Balaban J connectivity index is 1.62. The summed E-state index contributed by atoms with van der Waals surface area (Å²) in [6.07, 6.45) is 4.89. The van der Waals surface area contributed by atoms with E-state index in [1.165, 1.54) is 18.5 Å². The molecule has 4 aromatic heterocycles. The summed E-state index contributed by atoms with van der Waals surface area (Å²) in [5.41, 5.74) is 9.04. The minimum absolute atomic E-state index is 0.118. The second kappa shape index (κ2) is 6.51. The topological polar surface area (TPSA) is 123 Å². The Kier molecular flexibility index (Phi) is 3.83. The van der Waals surface area contributed by atoms with Gasteiger partial charge in [0, 0.05) is 17.6 Å². The maximum Gasteiger partial charge on any atom is 0.224 e. The third-order valence-corrected chi connectivity index (χ3v) is 4.63. The first-order chi connectivity index (χ1) is 14.1. The highest BCUT2D eigenvalue weighted by molar-refractivity contribution is 5.86. The van der Waals surface area contributed by atoms with Crippen LogP contribution in [0.15, 0.2) is 49.1 Å². The number of H-pyrrole nitrogens is 1. The highest BCUT2D eigenvalue weighted by Crippen LogP contribution is 2.29. The van der Waals surface area contributed by atoms with Crippen molar-refractivity contribution in [2.45, 2.75) is 13.0 Å². The van der Waals surface area contributed by atoms with Gasteiger partial charge in [0.25, 0.3) is 0 Å². The Bertz CT molecular complexity index is 1330. The maximum atomic E-state index is 14.0. The first-order valence-electron chi connectivity index (χ1n) is 8.92. The van der Waals surface area contributed by atoms with Crippen LogP contribution in [0.25, 0.3) is 27.8 Å². The van der Waals surface area contributed by atoms with Crippen molar-refractivity contribution in [1.82, 2.24) is 34.7 Å². The maximum absolute atomic E-state index is 14.0. The number of rotatable bonds is 4. The molecule has 10 heteroatoms. The predicted molar refractivity (Wildman–Crippen MR) is 107 cm³/mol. The highest BCUT2D eigenvalue weighted by Gasteiger charge is 2.20. The molecule has 9 nitrogen and oxygen atoms in total. The number of aromatic nitrogens is 7. The lowest BCUT2D eigenvalue weighted by atomic mass is 10.1. The Morgan fingerprint density at radius 1 is 1.24 bits per heavy atom. The minimum atomic E-state index is -0.336. The molecule has 5 aromatic rings. The molecule has 0 radical (unpaired) electrons. The minimum Gasteiger partial charge on any atom is -0.368 e. The van der Waals surface area contributed by atoms with Crippen LogP contribution in [0.1, 0.15) is 18.7 Å². The molecular weight excluding hydrogens is 373 g/mol. The van der Waals surface area contributed by atoms with Gasteiger partial charge >= 0.3 is 0 Å². The second-order valence-corrected chi connectivity index (χ2v) is 6.57. The van der Waals surface area contributed by atoms with Gasteiger partial charge in [-0.3, -0.25) is 4.98 Å². The number of nitrogens with two attached hydrogens (primary N) is 1. The largest absolute Gasteiger partial charge is 0.368 e. The van der Waals surface area contributed by atoms with Crippen molar-refractivity contribution in [3.05, 3.63) is 60.6 Å². The molecule has 5 rings (SSSR count). The molecule has 0 unspecified atom stereocenters. The first kappa shape index (κ1) is 17.0. The van der Waals surface area contributed by atoms with Gasteiger partial charge in [0.15, 0.2) is 11.5 Å². The number of imidazole rings is 1. The van der Waals surface area contributed by atoms with Crippen molar-refractivity contribution in [1.29, 1.82) is 0 Å². The van der Waals surface area contributed by atoms with Gasteiger partial charge in [-0.15, -0.1) is 0 Å². The fraction of sp³-hybridized carbons (Fsp3) is 0.105. The number of benzene rings is 1. The summed E-state index contributed by atoms with van der Waals surface area (Å²) in [5, 5.41) is 8.86. The first-order valence-corrected chi connectivity index (χ1v) is 8.92. The molecule has 0 saturated carbocycles. The number of aromatic amines is 1. The monoisotopic (exact) mass is 389 g/mol. The molecule has 1 atom stereocenters. The third-order valence-electron chi connectivity index (χ3n) is 4.63. The Labute approximate surface area is 163 Å². The van der Waals surface area contributed by atoms with Gasteiger partial charge < -0.3 is 16.0 Å². The molecule has 0 aliphatic carbocycles. The van der Waals surface area contributed by atoms with Crippen LogP contribution in [0.4, 0.5) is 16.2 Å². The molecular formula is C19H16FN9. The smallest absolute Gasteiger partial charge is 0.224 e. The van der Waals surface area contributed by atoms with Crippen LogP contribution in [0, 0.1) is 5.82 Å². The van der Waals surface area contributed by atoms with Crippen molar-refractivity contribution >= 4 is 33.8 Å². The van der Waals surface area contributed by atoms with Crippen molar-refractivity contribution in [2.75, 3.05) is 11.1 Å². The quantitative estimate of drug-likeness (QED) is 0.432. The fourth-order valence-corrected chi connectivity index (χ4v) is 3.34. The van der Waals surface area contributed by atoms with E-state index >= 15 is 0 Å². The van der Waals surface area contributed by atoms with Crippen LogP contribution in [0.5, 0.6) is 0 Å². The van der Waals surface area contributed by atoms with Crippen LogP contribution in [-0.4, -0.2) is 34.7 Å². The number of halogens is 1. The number of anilines is 2. The average Bonchev–Trinajstić information content (AvgIpc) is 3.33. The summed E-state index contributed by atoms with van der Waals surface area (Å²) in [6.45, 7) is 1.94. The highest BCUT2D eigenvalue weighted by atomic mass is 19.1. The molecule has 1 aromatic carbocycles. The lowest BCUT2D eigenvalue weighted by Gasteiger charge is -2.13. The fourth-order valence-electron chi connectivity index (χ4n) is 3.34. The zero-order chi connectivity index (χ0) is 20.0. The average molecular weight is 389 g/mol. The molecule has 4 heterocycles. The van der Waals surface area contributed by atoms with E-state index in [4.69, 9.17) is 10.8 Å².